The Kier molecular flexibility index (Phi) is 3.12. The van der Waals surface area contributed by atoms with Crippen molar-refractivity contribution in [1.82, 2.24) is 10.2 Å². The summed E-state index contributed by atoms with van der Waals surface area (Å²) >= 11 is 0. The van der Waals surface area contributed by atoms with Crippen LogP contribution in [0.15, 0.2) is 24.3 Å². The number of likely N-dealkylation sites (tertiary alicyclic amines) is 1. The monoisotopic (exact) mass is 356 g/mol. The maximum atomic E-state index is 11.8. The molecule has 0 unspecified atom stereocenters. The highest BCUT2D eigenvalue weighted by Crippen LogP contribution is 2.63. The maximum absolute atomic E-state index is 11.8. The molecule has 1 fully saturated rings. The van der Waals surface area contributed by atoms with Crippen molar-refractivity contribution >= 4 is 5.91 Å². The Morgan fingerprint density at radius 2 is 2.27 bits per heavy atom. The topological polar surface area (TPSA) is 71.0 Å². The summed E-state index contributed by atoms with van der Waals surface area (Å²) in [6.45, 7) is 2.35. The smallest absolute Gasteiger partial charge is 0.219 e. The van der Waals surface area contributed by atoms with Gasteiger partial charge < -0.3 is 24.8 Å². The number of hydrogen-bond acceptors (Lipinski definition) is 5. The highest BCUT2D eigenvalue weighted by molar-refractivity contribution is 5.74. The van der Waals surface area contributed by atoms with Gasteiger partial charge in [-0.3, -0.25) is 4.79 Å². The van der Waals surface area contributed by atoms with Crippen molar-refractivity contribution in [3.63, 3.8) is 0 Å². The molecular weight excluding hydrogens is 332 g/mol. The quantitative estimate of drug-likeness (QED) is 0.610. The molecule has 0 radical (unpaired) electrons. The third-order valence-corrected chi connectivity index (χ3v) is 6.81. The average molecular weight is 356 g/mol. The van der Waals surface area contributed by atoms with Gasteiger partial charge in [0, 0.05) is 24.4 Å². The number of amides is 1. The molecule has 2 N–H and O–H groups in total. The van der Waals surface area contributed by atoms with Crippen LogP contribution >= 0.6 is 0 Å². The molecule has 2 aliphatic carbocycles. The van der Waals surface area contributed by atoms with Crippen LogP contribution in [-0.4, -0.2) is 54.5 Å². The first-order chi connectivity index (χ1) is 12.4. The van der Waals surface area contributed by atoms with Crippen LogP contribution in [0.5, 0.6) is 11.5 Å². The van der Waals surface area contributed by atoms with Crippen LogP contribution in [0.25, 0.3) is 0 Å². The lowest BCUT2D eigenvalue weighted by molar-refractivity contribution is -0.140. The standard InChI is InChI=1S/C20H24N2O4/c1-11(23)21-20(24)7-6-13-14-10-12-4-5-15(25-3)17-16(12)19(13,18(20)26-17)8-9-22(14)2/h4-7,13-14,18,24H,8-10H2,1-3H3,(H,21,23)/t13-,14+,18+,19-,20-/m0/s1. The number of piperidine rings is 1. The van der Waals surface area contributed by atoms with Crippen LogP contribution in [0.1, 0.15) is 24.5 Å². The third-order valence-electron chi connectivity index (χ3n) is 6.81. The van der Waals surface area contributed by atoms with E-state index >= 15 is 0 Å². The molecule has 1 aromatic rings. The Morgan fingerprint density at radius 1 is 1.46 bits per heavy atom. The molecule has 5 atom stereocenters. The Bertz CT molecular complexity index is 837. The fraction of sp³-hybridized carbons (Fsp3) is 0.550. The Morgan fingerprint density at radius 3 is 3.00 bits per heavy atom. The van der Waals surface area contributed by atoms with Crippen LogP contribution < -0.4 is 14.8 Å². The molecule has 2 bridgehead atoms. The van der Waals surface area contributed by atoms with E-state index in [0.717, 1.165) is 25.1 Å². The zero-order valence-corrected chi connectivity index (χ0v) is 15.3. The number of carbonyl (C=O) groups excluding carboxylic acids is 1. The summed E-state index contributed by atoms with van der Waals surface area (Å²) in [5.41, 5.74) is 0.558. The summed E-state index contributed by atoms with van der Waals surface area (Å²) in [7, 11) is 3.80. The zero-order chi connectivity index (χ0) is 18.3. The number of carbonyl (C=O) groups is 1. The largest absolute Gasteiger partial charge is 0.493 e. The van der Waals surface area contributed by atoms with Crippen molar-refractivity contribution in [2.45, 2.75) is 43.1 Å². The van der Waals surface area contributed by atoms with Gasteiger partial charge in [-0.1, -0.05) is 12.1 Å². The predicted octanol–water partition coefficient (Wildman–Crippen LogP) is 0.965. The summed E-state index contributed by atoms with van der Waals surface area (Å²) in [5.74, 6) is 1.38. The van der Waals surface area contributed by atoms with Crippen molar-refractivity contribution in [2.24, 2.45) is 5.92 Å². The first kappa shape index (κ1) is 16.1. The van der Waals surface area contributed by atoms with E-state index in [1.54, 1.807) is 13.2 Å². The van der Waals surface area contributed by atoms with E-state index in [4.69, 9.17) is 9.47 Å². The second kappa shape index (κ2) is 5.02. The minimum absolute atomic E-state index is 0.237. The van der Waals surface area contributed by atoms with E-state index in [1.165, 1.54) is 18.1 Å². The minimum atomic E-state index is -1.53. The number of hydrogen-bond donors (Lipinski definition) is 2. The van der Waals surface area contributed by atoms with E-state index in [2.05, 4.69) is 29.4 Å². The van der Waals surface area contributed by atoms with Crippen LogP contribution in [0.3, 0.4) is 0 Å². The summed E-state index contributed by atoms with van der Waals surface area (Å²) in [5, 5.41) is 14.1. The van der Waals surface area contributed by atoms with E-state index in [9.17, 15) is 9.90 Å². The molecule has 2 aliphatic heterocycles. The number of aliphatic hydroxyl groups is 1. The molecule has 1 aromatic carbocycles. The highest BCUT2D eigenvalue weighted by atomic mass is 16.5. The second-order valence-corrected chi connectivity index (χ2v) is 8.06. The molecule has 26 heavy (non-hydrogen) atoms. The van der Waals surface area contributed by atoms with Gasteiger partial charge >= 0.3 is 0 Å². The lowest BCUT2D eigenvalue weighted by Crippen LogP contribution is -2.71. The minimum Gasteiger partial charge on any atom is -0.493 e. The molecule has 4 aliphatic rings. The fourth-order valence-corrected chi connectivity index (χ4v) is 5.84. The highest BCUT2D eigenvalue weighted by Gasteiger charge is 2.68. The van der Waals surface area contributed by atoms with Gasteiger partial charge in [0.2, 0.25) is 5.91 Å². The molecule has 138 valence electrons. The van der Waals surface area contributed by atoms with Gasteiger partial charge in [-0.05, 0) is 44.1 Å². The van der Waals surface area contributed by atoms with Gasteiger partial charge in [0.15, 0.2) is 23.3 Å². The Hall–Kier alpha value is -2.05. The van der Waals surface area contributed by atoms with E-state index < -0.39 is 11.8 Å². The summed E-state index contributed by atoms with van der Waals surface area (Å²) in [6.07, 6.45) is 5.07. The molecule has 5 rings (SSSR count). The van der Waals surface area contributed by atoms with Crippen molar-refractivity contribution < 1.29 is 19.4 Å². The van der Waals surface area contributed by atoms with Gasteiger partial charge in [-0.2, -0.15) is 0 Å². The van der Waals surface area contributed by atoms with Gasteiger partial charge in [-0.25, -0.2) is 0 Å². The van der Waals surface area contributed by atoms with Gasteiger partial charge in [-0.15, -0.1) is 0 Å². The van der Waals surface area contributed by atoms with Crippen molar-refractivity contribution in [2.75, 3.05) is 20.7 Å². The van der Waals surface area contributed by atoms with Gasteiger partial charge in [0.05, 0.1) is 12.5 Å². The molecule has 6 heteroatoms. The molecule has 1 saturated heterocycles. The van der Waals surface area contributed by atoms with Crippen LogP contribution in [-0.2, 0) is 16.6 Å². The van der Waals surface area contributed by atoms with E-state index in [-0.39, 0.29) is 17.2 Å². The molecule has 1 spiro atoms. The summed E-state index contributed by atoms with van der Waals surface area (Å²) < 4.78 is 12.0. The first-order valence-electron chi connectivity index (χ1n) is 9.18. The number of ether oxygens (including phenoxy) is 2. The number of nitrogens with zero attached hydrogens (tertiary/aromatic N) is 1. The van der Waals surface area contributed by atoms with Crippen LogP contribution in [0.4, 0.5) is 0 Å². The van der Waals surface area contributed by atoms with Gasteiger partial charge in [0.1, 0.15) is 0 Å². The molecule has 1 amide bonds. The molecule has 6 nitrogen and oxygen atoms in total. The van der Waals surface area contributed by atoms with Crippen molar-refractivity contribution in [3.8, 4) is 11.5 Å². The average Bonchev–Trinajstić information content (AvgIpc) is 2.95. The number of nitrogens with one attached hydrogen (secondary N) is 1. The molecule has 0 aromatic heterocycles. The number of methoxy groups -OCH3 is 1. The SMILES string of the molecule is COc1ccc2c3c1O[C@@H]1[C@]34CCN(C)[C@H](C2)[C@@H]4C=C[C@@]1(O)NC(C)=O. The molecule has 2 heterocycles. The zero-order valence-electron chi connectivity index (χ0n) is 15.3. The van der Waals surface area contributed by atoms with Crippen LogP contribution in [0, 0.1) is 5.92 Å². The molecular formula is C20H24N2O4. The van der Waals surface area contributed by atoms with Crippen LogP contribution in [0.2, 0.25) is 0 Å². The van der Waals surface area contributed by atoms with Crippen molar-refractivity contribution in [3.05, 3.63) is 35.4 Å². The lowest BCUT2D eigenvalue weighted by Gasteiger charge is -2.58. The number of benzene rings is 1. The Labute approximate surface area is 152 Å². The second-order valence-electron chi connectivity index (χ2n) is 8.06. The lowest BCUT2D eigenvalue weighted by atomic mass is 9.52. The fourth-order valence-electron chi connectivity index (χ4n) is 5.84. The third kappa shape index (κ3) is 1.76. The predicted molar refractivity (Wildman–Crippen MR) is 95.2 cm³/mol. The number of rotatable bonds is 2. The first-order valence-corrected chi connectivity index (χ1v) is 9.18. The van der Waals surface area contributed by atoms with E-state index in [1.807, 2.05) is 6.07 Å². The maximum Gasteiger partial charge on any atom is 0.219 e. The van der Waals surface area contributed by atoms with Gasteiger partial charge in [0.25, 0.3) is 0 Å². The van der Waals surface area contributed by atoms with Crippen molar-refractivity contribution in [1.29, 1.82) is 0 Å². The molecule has 0 saturated carbocycles. The Balaban J connectivity index is 1.78. The summed E-state index contributed by atoms with van der Waals surface area (Å²) in [4.78, 5) is 14.2. The summed E-state index contributed by atoms with van der Waals surface area (Å²) in [6, 6.07) is 4.44. The van der Waals surface area contributed by atoms with E-state index in [0.29, 0.717) is 11.8 Å². The number of likely N-dealkylation sites (N-methyl/N-ethyl adjacent to an activating group) is 1. The normalized spacial score (nSPS) is 39.2.